The van der Waals surface area contributed by atoms with E-state index in [4.69, 9.17) is 9.16 Å². The van der Waals surface area contributed by atoms with Crippen molar-refractivity contribution in [3.63, 3.8) is 0 Å². The van der Waals surface area contributed by atoms with Crippen molar-refractivity contribution in [2.24, 2.45) is 11.3 Å². The van der Waals surface area contributed by atoms with Crippen molar-refractivity contribution < 1.29 is 28.0 Å². The van der Waals surface area contributed by atoms with Gasteiger partial charge in [0.25, 0.3) is 9.04 Å². The molecule has 5 nitrogen and oxygen atoms in total. The molecule has 1 radical (unpaired) electrons. The van der Waals surface area contributed by atoms with Crippen LogP contribution in [-0.4, -0.2) is 38.7 Å². The number of ether oxygens (including phenoxy) is 1. The molecule has 0 spiro atoms. The van der Waals surface area contributed by atoms with Crippen molar-refractivity contribution in [1.29, 1.82) is 0 Å². The zero-order chi connectivity index (χ0) is 32.7. The minimum absolute atomic E-state index is 0.0152. The van der Waals surface area contributed by atoms with Crippen molar-refractivity contribution in [3.05, 3.63) is 119 Å². The van der Waals surface area contributed by atoms with Crippen LogP contribution in [0.5, 0.6) is 0 Å². The van der Waals surface area contributed by atoms with Crippen LogP contribution < -0.4 is 10.4 Å². The first kappa shape index (κ1) is 34.4. The molecule has 0 aliphatic carbocycles. The van der Waals surface area contributed by atoms with E-state index >= 15 is 0 Å². The van der Waals surface area contributed by atoms with Crippen LogP contribution in [0.3, 0.4) is 0 Å². The van der Waals surface area contributed by atoms with E-state index in [0.29, 0.717) is 5.56 Å². The topological polar surface area (TPSA) is 72.8 Å². The second kappa shape index (κ2) is 15.2. The maximum absolute atomic E-state index is 14.0. The van der Waals surface area contributed by atoms with Gasteiger partial charge in [-0.3, -0.25) is 0 Å². The molecule has 0 saturated carbocycles. The van der Waals surface area contributed by atoms with E-state index in [1.54, 1.807) is 13.0 Å². The molecule has 0 saturated heterocycles. The zero-order valence-electron chi connectivity index (χ0n) is 26.8. The Morgan fingerprint density at radius 1 is 0.889 bits per heavy atom. The molecule has 1 N–H and O–H groups in total. The maximum Gasteiger partial charge on any atom is 0.367 e. The molecule has 8 heteroatoms. The van der Waals surface area contributed by atoms with Crippen molar-refractivity contribution in [1.82, 2.24) is 0 Å². The molecular formula is C37H42FO5PSi+. The van der Waals surface area contributed by atoms with Crippen LogP contribution in [0.25, 0.3) is 11.1 Å². The predicted molar refractivity (Wildman–Crippen MR) is 182 cm³/mol. The molecule has 2 unspecified atom stereocenters. The largest absolute Gasteiger partial charge is 0.479 e. The summed E-state index contributed by atoms with van der Waals surface area (Å²) >= 11 is 0. The molecule has 0 aliphatic heterocycles. The van der Waals surface area contributed by atoms with Gasteiger partial charge >= 0.3 is 13.8 Å². The molecule has 0 aliphatic rings. The molecule has 45 heavy (non-hydrogen) atoms. The number of carbonyl (C=O) groups is 1. The Balaban J connectivity index is 1.53. The van der Waals surface area contributed by atoms with Gasteiger partial charge in [0.15, 0.2) is 12.3 Å². The molecule has 4 rings (SSSR count). The second-order valence-electron chi connectivity index (χ2n) is 12.6. The molecule has 235 valence electrons. The first-order chi connectivity index (χ1) is 21.3. The fraction of sp³-hybridized carbons (Fsp3) is 0.324. The number of carboxylic acid groups (broad SMARTS) is 1. The Morgan fingerprint density at radius 3 is 2.02 bits per heavy atom. The summed E-state index contributed by atoms with van der Waals surface area (Å²) in [6, 6.07) is 28.6. The first-order valence-electron chi connectivity index (χ1n) is 15.1. The highest BCUT2D eigenvalue weighted by atomic mass is 31.1. The smallest absolute Gasteiger partial charge is 0.367 e. The van der Waals surface area contributed by atoms with Gasteiger partial charge in [-0.15, -0.1) is 0 Å². The summed E-state index contributed by atoms with van der Waals surface area (Å²) in [7, 11) is -3.82. The SMILES string of the molecule is Cc1cc(C)c(COC[P+](=O)C[C@H](C(O[Si](c2ccccc2)c2ccccc2)C(=O)O)C(C)(C)C)c(-c2ccc(F)c(C)c2)c1. The fourth-order valence-corrected chi connectivity index (χ4v) is 9.21. The highest BCUT2D eigenvalue weighted by Crippen LogP contribution is 2.39. The number of halogens is 1. The maximum atomic E-state index is 14.0. The number of hydrogen-bond donors (Lipinski definition) is 1. The van der Waals surface area contributed by atoms with Gasteiger partial charge < -0.3 is 14.3 Å². The third-order valence-electron chi connectivity index (χ3n) is 8.01. The Morgan fingerprint density at radius 2 is 1.49 bits per heavy atom. The Bertz CT molecular complexity index is 1580. The van der Waals surface area contributed by atoms with Gasteiger partial charge in [-0.05, 0) is 76.5 Å². The van der Waals surface area contributed by atoms with Gasteiger partial charge in [0, 0.05) is 5.92 Å². The lowest BCUT2D eigenvalue weighted by molar-refractivity contribution is -0.149. The van der Waals surface area contributed by atoms with Crippen LogP contribution in [-0.2, 0) is 25.1 Å². The summed E-state index contributed by atoms with van der Waals surface area (Å²) < 4.78 is 40.2. The van der Waals surface area contributed by atoms with Crippen molar-refractivity contribution in [2.45, 2.75) is 54.3 Å². The quantitative estimate of drug-likeness (QED) is 0.120. The molecule has 4 aromatic carbocycles. The molecule has 0 aromatic heterocycles. The summed E-state index contributed by atoms with van der Waals surface area (Å²) in [6.45, 7) is 11.9. The molecule has 3 atom stereocenters. The van der Waals surface area contributed by atoms with Gasteiger partial charge in [0.2, 0.25) is 6.35 Å². The first-order valence-corrected chi connectivity index (χ1v) is 18.1. The lowest BCUT2D eigenvalue weighted by atomic mass is 9.78. The minimum atomic E-state index is -1.91. The van der Waals surface area contributed by atoms with Crippen molar-refractivity contribution in [3.8, 4) is 11.1 Å². The monoisotopic (exact) mass is 644 g/mol. The number of benzene rings is 4. The van der Waals surface area contributed by atoms with Gasteiger partial charge in [-0.2, -0.15) is 0 Å². The molecule has 0 bridgehead atoms. The van der Waals surface area contributed by atoms with Gasteiger partial charge in [0.05, 0.1) is 6.61 Å². The highest BCUT2D eigenvalue weighted by molar-refractivity contribution is 7.44. The van der Waals surface area contributed by atoms with Crippen molar-refractivity contribution >= 4 is 33.2 Å². The summed E-state index contributed by atoms with van der Waals surface area (Å²) in [5, 5.41) is 12.3. The number of hydrogen-bond acceptors (Lipinski definition) is 4. The standard InChI is InChI=1S/C37H41FO5PSi/c1-25-19-26(2)32(31(20-25)28-17-18-34(38)27(3)21-28)22-42-24-44(41)23-33(37(4,5)6)35(36(39)40)43-45(29-13-9-7-10-14-29)30-15-11-8-12-16-30/h7-21,33,35H,22-24H2,1-6H3/p+1/t33-,35?/m1/s1. The summed E-state index contributed by atoms with van der Waals surface area (Å²) in [5.41, 5.74) is 4.97. The van der Waals surface area contributed by atoms with Crippen LogP contribution in [0, 0.1) is 37.9 Å². The Kier molecular flexibility index (Phi) is 11.6. The van der Waals surface area contributed by atoms with E-state index in [1.165, 1.54) is 6.07 Å². The highest BCUT2D eigenvalue weighted by Gasteiger charge is 2.44. The van der Waals surface area contributed by atoms with Crippen LogP contribution in [0.2, 0.25) is 0 Å². The van der Waals surface area contributed by atoms with Crippen LogP contribution >= 0.6 is 7.80 Å². The summed E-state index contributed by atoms with van der Waals surface area (Å²) in [6.07, 6.45) is -1.03. The number of aryl methyl sites for hydroxylation is 3. The molecule has 0 heterocycles. The van der Waals surface area contributed by atoms with Crippen LogP contribution in [0.15, 0.2) is 91.0 Å². The molecular weight excluding hydrogens is 602 g/mol. The minimum Gasteiger partial charge on any atom is -0.479 e. The third kappa shape index (κ3) is 9.05. The summed E-state index contributed by atoms with van der Waals surface area (Å²) in [4.78, 5) is 12.8. The average Bonchev–Trinajstić information content (AvgIpc) is 2.99. The van der Waals surface area contributed by atoms with Crippen LogP contribution in [0.4, 0.5) is 4.39 Å². The van der Waals surface area contributed by atoms with E-state index in [0.717, 1.165) is 38.2 Å². The van der Waals surface area contributed by atoms with Crippen molar-refractivity contribution in [2.75, 3.05) is 12.5 Å². The third-order valence-corrected chi connectivity index (χ3v) is 11.5. The zero-order valence-corrected chi connectivity index (χ0v) is 28.7. The normalized spacial score (nSPS) is 13.5. The number of carboxylic acids is 1. The second-order valence-corrected chi connectivity index (χ2v) is 16.3. The van der Waals surface area contributed by atoms with Gasteiger partial charge in [-0.1, -0.05) is 110 Å². The van der Waals surface area contributed by atoms with E-state index in [9.17, 15) is 18.9 Å². The molecule has 0 amide bonds. The Labute approximate surface area is 269 Å². The predicted octanol–water partition coefficient (Wildman–Crippen LogP) is 7.66. The lowest BCUT2D eigenvalue weighted by Crippen LogP contribution is -2.52. The van der Waals surface area contributed by atoms with Gasteiger partial charge in [0.1, 0.15) is 5.82 Å². The fourth-order valence-electron chi connectivity index (χ4n) is 5.52. The van der Waals surface area contributed by atoms with E-state index in [1.807, 2.05) is 101 Å². The van der Waals surface area contributed by atoms with E-state index in [-0.39, 0.29) is 24.9 Å². The van der Waals surface area contributed by atoms with E-state index in [2.05, 4.69) is 12.1 Å². The van der Waals surface area contributed by atoms with Crippen LogP contribution in [0.1, 0.15) is 43.0 Å². The van der Waals surface area contributed by atoms with Gasteiger partial charge in [-0.25, -0.2) is 9.18 Å². The average molecular weight is 645 g/mol. The molecule has 0 fully saturated rings. The molecule has 4 aromatic rings. The summed E-state index contributed by atoms with van der Waals surface area (Å²) in [5.74, 6) is -1.85. The van der Waals surface area contributed by atoms with E-state index < -0.39 is 40.2 Å². The number of rotatable bonds is 13. The lowest BCUT2D eigenvalue weighted by Gasteiger charge is -2.34. The Hall–Kier alpha value is -3.48. The number of aliphatic carboxylic acids is 1.